The van der Waals surface area contributed by atoms with Crippen LogP contribution in [-0.4, -0.2) is 0 Å². The van der Waals surface area contributed by atoms with E-state index in [1.54, 1.807) is 0 Å². The van der Waals surface area contributed by atoms with Gasteiger partial charge in [0, 0.05) is 5.56 Å². The van der Waals surface area contributed by atoms with Gasteiger partial charge in [-0.05, 0) is 30.0 Å². The summed E-state index contributed by atoms with van der Waals surface area (Å²) in [5.74, 6) is 2.33. The Kier molecular flexibility index (Phi) is 3.64. The zero-order valence-corrected chi connectivity index (χ0v) is 10.4. The summed E-state index contributed by atoms with van der Waals surface area (Å²) in [5, 5.41) is 0. The molecule has 0 saturated heterocycles. The minimum Gasteiger partial charge on any atom is -0.460 e. The highest BCUT2D eigenvalue weighted by atomic mass is 16.3. The average Bonchev–Trinajstić information content (AvgIpc) is 2.87. The molecule has 0 bridgehead atoms. The number of rotatable bonds is 4. The lowest BCUT2D eigenvalue weighted by molar-refractivity contribution is 0.525. The van der Waals surface area contributed by atoms with E-state index in [9.17, 15) is 0 Å². The van der Waals surface area contributed by atoms with Crippen molar-refractivity contribution in [2.45, 2.75) is 32.7 Å². The van der Waals surface area contributed by atoms with Crippen molar-refractivity contribution in [3.05, 3.63) is 47.7 Å². The number of furan rings is 1. The summed E-state index contributed by atoms with van der Waals surface area (Å²) in [6.45, 7) is 4.90. The van der Waals surface area contributed by atoms with E-state index in [2.05, 4.69) is 38.1 Å². The van der Waals surface area contributed by atoms with E-state index in [0.717, 1.165) is 23.5 Å². The average molecular weight is 229 g/mol. The first-order chi connectivity index (χ1) is 8.24. The van der Waals surface area contributed by atoms with Crippen LogP contribution in [0.15, 0.2) is 40.8 Å². The van der Waals surface area contributed by atoms with E-state index in [1.807, 2.05) is 12.1 Å². The second-order valence-corrected chi connectivity index (χ2v) is 4.40. The number of benzene rings is 1. The molecule has 1 unspecified atom stereocenters. The zero-order chi connectivity index (χ0) is 12.3. The SMILES string of the molecule is CCC(C)c1ccc(-c2ccc(CN)o2)cc1. The molecule has 2 nitrogen and oxygen atoms in total. The van der Waals surface area contributed by atoms with Gasteiger partial charge in [0.1, 0.15) is 11.5 Å². The molecule has 1 heterocycles. The fourth-order valence-corrected chi connectivity index (χ4v) is 1.85. The van der Waals surface area contributed by atoms with Crippen LogP contribution in [0.3, 0.4) is 0 Å². The second kappa shape index (κ2) is 5.19. The molecule has 1 atom stereocenters. The van der Waals surface area contributed by atoms with Gasteiger partial charge in [-0.25, -0.2) is 0 Å². The molecule has 0 spiro atoms. The summed E-state index contributed by atoms with van der Waals surface area (Å²) in [5.41, 5.74) is 8.01. The maximum absolute atomic E-state index is 5.62. The van der Waals surface area contributed by atoms with Gasteiger partial charge in [-0.3, -0.25) is 0 Å². The Morgan fingerprint density at radius 1 is 1.12 bits per heavy atom. The Morgan fingerprint density at radius 2 is 1.82 bits per heavy atom. The van der Waals surface area contributed by atoms with E-state index in [4.69, 9.17) is 10.2 Å². The van der Waals surface area contributed by atoms with E-state index in [0.29, 0.717) is 12.5 Å². The van der Waals surface area contributed by atoms with Crippen molar-refractivity contribution in [2.75, 3.05) is 0 Å². The molecule has 90 valence electrons. The lowest BCUT2D eigenvalue weighted by Gasteiger charge is -2.08. The molecular formula is C15H19NO. The highest BCUT2D eigenvalue weighted by Gasteiger charge is 2.06. The normalized spacial score (nSPS) is 12.6. The van der Waals surface area contributed by atoms with Gasteiger partial charge in [-0.15, -0.1) is 0 Å². The molecule has 0 amide bonds. The molecule has 2 aromatic rings. The Morgan fingerprint density at radius 3 is 2.35 bits per heavy atom. The van der Waals surface area contributed by atoms with Gasteiger partial charge in [0.15, 0.2) is 0 Å². The molecule has 2 rings (SSSR count). The van der Waals surface area contributed by atoms with Crippen molar-refractivity contribution in [1.82, 2.24) is 0 Å². The molecule has 0 fully saturated rings. The molecule has 0 saturated carbocycles. The summed E-state index contributed by atoms with van der Waals surface area (Å²) < 4.78 is 5.62. The van der Waals surface area contributed by atoms with Gasteiger partial charge < -0.3 is 10.2 Å². The lowest BCUT2D eigenvalue weighted by Crippen LogP contribution is -1.92. The lowest BCUT2D eigenvalue weighted by atomic mass is 9.97. The molecule has 0 aliphatic heterocycles. The third-order valence-corrected chi connectivity index (χ3v) is 3.24. The first-order valence-electron chi connectivity index (χ1n) is 6.13. The smallest absolute Gasteiger partial charge is 0.134 e. The zero-order valence-electron chi connectivity index (χ0n) is 10.4. The highest BCUT2D eigenvalue weighted by molar-refractivity contribution is 5.58. The molecule has 2 heteroatoms. The quantitative estimate of drug-likeness (QED) is 0.863. The largest absolute Gasteiger partial charge is 0.460 e. The number of hydrogen-bond donors (Lipinski definition) is 1. The number of hydrogen-bond acceptors (Lipinski definition) is 2. The van der Waals surface area contributed by atoms with E-state index in [1.165, 1.54) is 5.56 Å². The summed E-state index contributed by atoms with van der Waals surface area (Å²) in [6, 6.07) is 12.5. The van der Waals surface area contributed by atoms with Gasteiger partial charge in [-0.1, -0.05) is 38.1 Å². The van der Waals surface area contributed by atoms with Gasteiger partial charge in [0.25, 0.3) is 0 Å². The third kappa shape index (κ3) is 2.59. The molecular weight excluding hydrogens is 210 g/mol. The highest BCUT2D eigenvalue weighted by Crippen LogP contribution is 2.25. The Hall–Kier alpha value is -1.54. The van der Waals surface area contributed by atoms with E-state index < -0.39 is 0 Å². The van der Waals surface area contributed by atoms with Gasteiger partial charge in [-0.2, -0.15) is 0 Å². The van der Waals surface area contributed by atoms with Crippen LogP contribution in [0, 0.1) is 0 Å². The molecule has 0 aliphatic carbocycles. The van der Waals surface area contributed by atoms with Gasteiger partial charge in [0.2, 0.25) is 0 Å². The van der Waals surface area contributed by atoms with Crippen LogP contribution in [0.2, 0.25) is 0 Å². The van der Waals surface area contributed by atoms with Crippen LogP contribution >= 0.6 is 0 Å². The fourth-order valence-electron chi connectivity index (χ4n) is 1.85. The summed E-state index contributed by atoms with van der Waals surface area (Å²) in [6.07, 6.45) is 1.16. The summed E-state index contributed by atoms with van der Waals surface area (Å²) in [7, 11) is 0. The standard InChI is InChI=1S/C15H19NO/c1-3-11(2)12-4-6-13(7-5-12)15-9-8-14(10-16)17-15/h4-9,11H,3,10,16H2,1-2H3. The predicted octanol–water partition coefficient (Wildman–Crippen LogP) is 3.92. The Labute approximate surface area is 102 Å². The summed E-state index contributed by atoms with van der Waals surface area (Å²) in [4.78, 5) is 0. The van der Waals surface area contributed by atoms with Crippen LogP contribution in [-0.2, 0) is 6.54 Å². The van der Waals surface area contributed by atoms with Crippen molar-refractivity contribution < 1.29 is 4.42 Å². The van der Waals surface area contributed by atoms with Crippen LogP contribution in [0.1, 0.15) is 37.5 Å². The molecule has 17 heavy (non-hydrogen) atoms. The van der Waals surface area contributed by atoms with Crippen molar-refractivity contribution in [2.24, 2.45) is 5.73 Å². The Balaban J connectivity index is 2.22. The molecule has 1 aromatic heterocycles. The first-order valence-corrected chi connectivity index (χ1v) is 6.13. The van der Waals surface area contributed by atoms with Crippen molar-refractivity contribution in [3.8, 4) is 11.3 Å². The molecule has 1 aromatic carbocycles. The first kappa shape index (κ1) is 11.9. The molecule has 0 radical (unpaired) electrons. The van der Waals surface area contributed by atoms with Crippen LogP contribution in [0.25, 0.3) is 11.3 Å². The monoisotopic (exact) mass is 229 g/mol. The van der Waals surface area contributed by atoms with Crippen LogP contribution < -0.4 is 5.73 Å². The topological polar surface area (TPSA) is 39.2 Å². The fraction of sp³-hybridized carbons (Fsp3) is 0.333. The third-order valence-electron chi connectivity index (χ3n) is 3.24. The Bertz CT molecular complexity index is 470. The van der Waals surface area contributed by atoms with Crippen molar-refractivity contribution in [1.29, 1.82) is 0 Å². The minimum atomic E-state index is 0.449. The minimum absolute atomic E-state index is 0.449. The maximum atomic E-state index is 5.62. The van der Waals surface area contributed by atoms with Crippen molar-refractivity contribution >= 4 is 0 Å². The predicted molar refractivity (Wildman–Crippen MR) is 70.7 cm³/mol. The summed E-state index contributed by atoms with van der Waals surface area (Å²) >= 11 is 0. The molecule has 0 aliphatic rings. The van der Waals surface area contributed by atoms with Gasteiger partial charge >= 0.3 is 0 Å². The van der Waals surface area contributed by atoms with E-state index in [-0.39, 0.29) is 0 Å². The van der Waals surface area contributed by atoms with Crippen LogP contribution in [0.5, 0.6) is 0 Å². The maximum Gasteiger partial charge on any atom is 0.134 e. The number of nitrogens with two attached hydrogens (primary N) is 1. The van der Waals surface area contributed by atoms with Crippen LogP contribution in [0.4, 0.5) is 0 Å². The van der Waals surface area contributed by atoms with E-state index >= 15 is 0 Å². The molecule has 2 N–H and O–H groups in total. The van der Waals surface area contributed by atoms with Gasteiger partial charge in [0.05, 0.1) is 6.54 Å². The van der Waals surface area contributed by atoms with Crippen molar-refractivity contribution in [3.63, 3.8) is 0 Å². The second-order valence-electron chi connectivity index (χ2n) is 4.40.